The number of para-hydroxylation sites is 2. The monoisotopic (exact) mass is 504 g/mol. The van der Waals surface area contributed by atoms with Crippen LogP contribution in [0, 0.1) is 5.82 Å². The average molecular weight is 505 g/mol. The number of likely N-dealkylation sites (N-methyl/N-ethyl adjacent to an activating group) is 1. The molecule has 1 aliphatic rings. The van der Waals surface area contributed by atoms with Gasteiger partial charge in [0.2, 0.25) is 0 Å². The number of benzene rings is 3. The molecule has 9 heteroatoms. The zero-order chi connectivity index (χ0) is 26.2. The fourth-order valence-electron chi connectivity index (χ4n) is 4.14. The molecule has 0 aliphatic carbocycles. The van der Waals surface area contributed by atoms with Gasteiger partial charge in [-0.3, -0.25) is 9.69 Å². The summed E-state index contributed by atoms with van der Waals surface area (Å²) in [6, 6.07) is 19.8. The third-order valence-corrected chi connectivity index (χ3v) is 6.44. The number of nitrogens with zero attached hydrogens (tertiary/aromatic N) is 3. The number of hydrogen-bond donors (Lipinski definition) is 3. The van der Waals surface area contributed by atoms with Gasteiger partial charge in [0.25, 0.3) is 5.91 Å². The van der Waals surface area contributed by atoms with Crippen molar-refractivity contribution in [2.75, 3.05) is 62.7 Å². The van der Waals surface area contributed by atoms with Gasteiger partial charge in [-0.1, -0.05) is 30.3 Å². The van der Waals surface area contributed by atoms with Gasteiger partial charge in [-0.05, 0) is 55.1 Å². The number of urea groups is 1. The molecular formula is C28H33FN6O2. The average Bonchev–Trinajstić information content (AvgIpc) is 2.89. The zero-order valence-corrected chi connectivity index (χ0v) is 21.0. The summed E-state index contributed by atoms with van der Waals surface area (Å²) in [4.78, 5) is 32.1. The second-order valence-corrected chi connectivity index (χ2v) is 9.25. The standard InChI is InChI=1S/C28H33FN6O2/c1-33-13-15-34(16-14-33)17-18-35(28(37)31-24-6-4-5-23(29)19-24)20-21-9-11-22(12-10-21)27(36)32-26-8-3-2-7-25(26)30/h2-12,19H,13-18,20,30H2,1H3,(H,31,37)(H,32,36). The molecule has 3 amide bonds. The Balaban J connectivity index is 1.42. The Morgan fingerprint density at radius 3 is 2.38 bits per heavy atom. The summed E-state index contributed by atoms with van der Waals surface area (Å²) in [6.07, 6.45) is 0. The van der Waals surface area contributed by atoms with Crippen LogP contribution in [0.3, 0.4) is 0 Å². The maximum absolute atomic E-state index is 13.6. The van der Waals surface area contributed by atoms with Crippen molar-refractivity contribution in [1.82, 2.24) is 14.7 Å². The van der Waals surface area contributed by atoms with Gasteiger partial charge in [0.05, 0.1) is 11.4 Å². The first-order valence-corrected chi connectivity index (χ1v) is 12.3. The lowest BCUT2D eigenvalue weighted by Crippen LogP contribution is -2.48. The first-order valence-electron chi connectivity index (χ1n) is 12.3. The number of carbonyl (C=O) groups is 2. The van der Waals surface area contributed by atoms with Gasteiger partial charge in [-0.25, -0.2) is 9.18 Å². The van der Waals surface area contributed by atoms with Gasteiger partial charge in [0.15, 0.2) is 0 Å². The highest BCUT2D eigenvalue weighted by atomic mass is 19.1. The summed E-state index contributed by atoms with van der Waals surface area (Å²) in [7, 11) is 2.11. The third-order valence-electron chi connectivity index (χ3n) is 6.44. The van der Waals surface area contributed by atoms with Crippen LogP contribution in [0.4, 0.5) is 26.2 Å². The van der Waals surface area contributed by atoms with E-state index in [9.17, 15) is 14.0 Å². The Morgan fingerprint density at radius 2 is 1.68 bits per heavy atom. The number of halogens is 1. The molecule has 1 heterocycles. The Labute approximate surface area is 216 Å². The number of nitrogens with one attached hydrogen (secondary N) is 2. The van der Waals surface area contributed by atoms with E-state index in [1.54, 1.807) is 53.4 Å². The lowest BCUT2D eigenvalue weighted by atomic mass is 10.1. The number of piperazine rings is 1. The molecule has 0 saturated carbocycles. The Hall–Kier alpha value is -3.95. The zero-order valence-electron chi connectivity index (χ0n) is 21.0. The summed E-state index contributed by atoms with van der Waals surface area (Å²) >= 11 is 0. The fraction of sp³-hybridized carbons (Fsp3) is 0.286. The number of amides is 3. The van der Waals surface area contributed by atoms with Crippen LogP contribution >= 0.6 is 0 Å². The predicted octanol–water partition coefficient (Wildman–Crippen LogP) is 3.94. The number of nitrogens with two attached hydrogens (primary N) is 1. The van der Waals surface area contributed by atoms with Crippen molar-refractivity contribution >= 4 is 29.0 Å². The van der Waals surface area contributed by atoms with E-state index in [-0.39, 0.29) is 11.9 Å². The van der Waals surface area contributed by atoms with E-state index in [0.717, 1.165) is 38.3 Å². The molecule has 37 heavy (non-hydrogen) atoms. The topological polar surface area (TPSA) is 93.9 Å². The molecule has 3 aromatic carbocycles. The van der Waals surface area contributed by atoms with Crippen LogP contribution in [0.25, 0.3) is 0 Å². The van der Waals surface area contributed by atoms with Crippen molar-refractivity contribution in [3.63, 3.8) is 0 Å². The van der Waals surface area contributed by atoms with E-state index in [1.807, 2.05) is 12.1 Å². The quantitative estimate of drug-likeness (QED) is 0.404. The van der Waals surface area contributed by atoms with E-state index >= 15 is 0 Å². The smallest absolute Gasteiger partial charge is 0.322 e. The Kier molecular flexibility index (Phi) is 8.71. The molecule has 0 radical (unpaired) electrons. The van der Waals surface area contributed by atoms with E-state index in [2.05, 4.69) is 27.5 Å². The molecule has 1 aliphatic heterocycles. The number of hydrogen-bond acceptors (Lipinski definition) is 5. The van der Waals surface area contributed by atoms with Crippen LogP contribution in [0.1, 0.15) is 15.9 Å². The lowest BCUT2D eigenvalue weighted by Gasteiger charge is -2.34. The molecule has 0 unspecified atom stereocenters. The van der Waals surface area contributed by atoms with Crippen LogP contribution in [0.2, 0.25) is 0 Å². The highest BCUT2D eigenvalue weighted by molar-refractivity contribution is 6.05. The van der Waals surface area contributed by atoms with Crippen molar-refractivity contribution in [2.24, 2.45) is 0 Å². The second-order valence-electron chi connectivity index (χ2n) is 9.25. The Bertz CT molecular complexity index is 1210. The number of carbonyl (C=O) groups excluding carboxylic acids is 2. The molecule has 8 nitrogen and oxygen atoms in total. The first kappa shape index (κ1) is 26.1. The van der Waals surface area contributed by atoms with Gasteiger partial charge >= 0.3 is 6.03 Å². The van der Waals surface area contributed by atoms with E-state index in [4.69, 9.17) is 5.73 Å². The number of anilines is 3. The first-order chi connectivity index (χ1) is 17.9. The van der Waals surface area contributed by atoms with Gasteiger partial charge in [-0.2, -0.15) is 0 Å². The predicted molar refractivity (Wildman–Crippen MR) is 145 cm³/mol. The minimum Gasteiger partial charge on any atom is -0.397 e. The molecule has 1 saturated heterocycles. The number of nitrogen functional groups attached to an aromatic ring is 1. The van der Waals surface area contributed by atoms with Crippen LogP contribution in [-0.4, -0.2) is 73.0 Å². The largest absolute Gasteiger partial charge is 0.397 e. The van der Waals surface area contributed by atoms with E-state index in [0.29, 0.717) is 35.7 Å². The summed E-state index contributed by atoms with van der Waals surface area (Å²) in [5, 5.41) is 5.62. The highest BCUT2D eigenvalue weighted by Gasteiger charge is 2.19. The molecular weight excluding hydrogens is 471 g/mol. The SMILES string of the molecule is CN1CCN(CCN(Cc2ccc(C(=O)Nc3ccccc3N)cc2)C(=O)Nc2cccc(F)c2)CC1. The van der Waals surface area contributed by atoms with Crippen molar-refractivity contribution in [2.45, 2.75) is 6.54 Å². The van der Waals surface area contributed by atoms with Crippen molar-refractivity contribution < 1.29 is 14.0 Å². The molecule has 0 aromatic heterocycles. The summed E-state index contributed by atoms with van der Waals surface area (Å²) in [5.74, 6) is -0.673. The molecule has 4 rings (SSSR count). The fourth-order valence-corrected chi connectivity index (χ4v) is 4.14. The minimum atomic E-state index is -0.409. The lowest BCUT2D eigenvalue weighted by molar-refractivity contribution is 0.102. The maximum atomic E-state index is 13.6. The molecule has 3 aromatic rings. The van der Waals surface area contributed by atoms with Crippen molar-refractivity contribution in [3.8, 4) is 0 Å². The molecule has 1 fully saturated rings. The van der Waals surface area contributed by atoms with Crippen molar-refractivity contribution in [3.05, 3.63) is 89.7 Å². The van der Waals surface area contributed by atoms with Crippen LogP contribution < -0.4 is 16.4 Å². The molecule has 0 atom stereocenters. The normalized spacial score (nSPS) is 14.2. The second kappa shape index (κ2) is 12.3. The van der Waals surface area contributed by atoms with Gasteiger partial charge in [0, 0.05) is 57.1 Å². The van der Waals surface area contributed by atoms with Gasteiger partial charge < -0.3 is 26.2 Å². The van der Waals surface area contributed by atoms with Crippen molar-refractivity contribution in [1.29, 1.82) is 0 Å². The minimum absolute atomic E-state index is 0.264. The van der Waals surface area contributed by atoms with Crippen LogP contribution in [-0.2, 0) is 6.54 Å². The Morgan fingerprint density at radius 1 is 0.946 bits per heavy atom. The molecule has 0 spiro atoms. The van der Waals surface area contributed by atoms with Crippen LogP contribution in [0.15, 0.2) is 72.8 Å². The van der Waals surface area contributed by atoms with E-state index < -0.39 is 5.82 Å². The van der Waals surface area contributed by atoms with Gasteiger partial charge in [-0.15, -0.1) is 0 Å². The molecule has 194 valence electrons. The molecule has 0 bridgehead atoms. The summed E-state index contributed by atoms with van der Waals surface area (Å²) in [5.41, 5.74) is 8.74. The highest BCUT2D eigenvalue weighted by Crippen LogP contribution is 2.18. The third kappa shape index (κ3) is 7.52. The van der Waals surface area contributed by atoms with Crippen LogP contribution in [0.5, 0.6) is 0 Å². The number of rotatable bonds is 8. The summed E-state index contributed by atoms with van der Waals surface area (Å²) in [6.45, 7) is 5.49. The van der Waals surface area contributed by atoms with Gasteiger partial charge in [0.1, 0.15) is 5.82 Å². The molecule has 4 N–H and O–H groups in total. The maximum Gasteiger partial charge on any atom is 0.322 e. The summed E-state index contributed by atoms with van der Waals surface area (Å²) < 4.78 is 13.6. The van der Waals surface area contributed by atoms with E-state index in [1.165, 1.54) is 12.1 Å².